The molecule has 689 valence electrons. The van der Waals surface area contributed by atoms with Crippen LogP contribution in [0, 0.1) is 0 Å². The molecule has 9 rings (SSSR count). The van der Waals surface area contributed by atoms with Crippen molar-refractivity contribution < 1.29 is 141 Å². The number of imidazole rings is 1. The monoisotopic (exact) mass is 1940 g/mol. The molecule has 0 aliphatic heterocycles. The van der Waals surface area contributed by atoms with Crippen LogP contribution >= 0.6 is 9.64 Å². The first-order valence-electron chi connectivity index (χ1n) is 42.2. The number of halogens is 1. The zero-order valence-electron chi connectivity index (χ0n) is 71.6. The summed E-state index contributed by atoms with van der Waals surface area (Å²) < 4.78 is 140. The third-order valence-electron chi connectivity index (χ3n) is 17.0. The van der Waals surface area contributed by atoms with Crippen molar-refractivity contribution in [3.63, 3.8) is 0 Å². The Labute approximate surface area is 743 Å². The molecule has 0 saturated heterocycles. The molecule has 0 atom stereocenters. The minimum Gasteiger partial charge on any atom is -0.255 e. The van der Waals surface area contributed by atoms with E-state index in [4.69, 9.17) is 118 Å². The number of aromatic nitrogens is 6. The number of pyridine rings is 4. The Morgan fingerprint density at radius 2 is 0.468 bits per heavy atom. The van der Waals surface area contributed by atoms with Crippen molar-refractivity contribution in [3.05, 3.63) is 176 Å². The zero-order valence-corrected chi connectivity index (χ0v) is 74.8. The smallest absolute Gasteiger partial charge is 0.0886 e. The van der Waals surface area contributed by atoms with Crippen LogP contribution in [0.15, 0.2) is 171 Å². The second kappa shape index (κ2) is 78.4. The number of carbonyl (C=O) groups excluding carboxylic acids is 1. The molecule has 0 fully saturated rings. The summed E-state index contributed by atoms with van der Waals surface area (Å²) in [6, 6.07) is 41.5. The number of rotatable bonds is 78. The van der Waals surface area contributed by atoms with E-state index in [1.165, 1.54) is 23.0 Å². The number of esters is 1. The fraction of sp³-hybridized carbons (Fsp3) is 0.556. The number of benzene rings is 4. The van der Waals surface area contributed by atoms with Crippen LogP contribution in [0.4, 0.5) is 0 Å². The molecule has 4 aromatic carbocycles. The first kappa shape index (κ1) is 106. The summed E-state index contributed by atoms with van der Waals surface area (Å²) in [5, 5.41) is 6.55. The summed E-state index contributed by atoms with van der Waals surface area (Å²) >= 11 is 1.33. The van der Waals surface area contributed by atoms with Gasteiger partial charge in [0.05, 0.1) is 352 Å². The predicted molar refractivity (Wildman–Crippen MR) is 463 cm³/mol. The fourth-order valence-electron chi connectivity index (χ4n) is 11.0. The summed E-state index contributed by atoms with van der Waals surface area (Å²) in [6.45, 7) is 24.0. The van der Waals surface area contributed by atoms with E-state index in [-0.39, 0.29) is 19.2 Å². The average Bonchev–Trinajstić information content (AvgIpc) is 0.864. The van der Waals surface area contributed by atoms with Gasteiger partial charge in [-0.3, -0.25) is 19.9 Å². The van der Waals surface area contributed by atoms with Gasteiger partial charge in [-0.1, -0.05) is 72.8 Å². The number of hydrogen-bond acceptors (Lipinski definition) is 31. The summed E-state index contributed by atoms with van der Waals surface area (Å²) in [6.07, 6.45) is 12.5. The third-order valence-corrected chi connectivity index (χ3v) is 17.0. The molecule has 0 amide bonds. The van der Waals surface area contributed by atoms with Gasteiger partial charge in [-0.15, -0.1) is 0 Å². The van der Waals surface area contributed by atoms with E-state index in [1.54, 1.807) is 37.3 Å². The number of nitrogens with zero attached hydrogens (tertiary/aromatic N) is 6. The van der Waals surface area contributed by atoms with Gasteiger partial charge in [-0.25, -0.2) is 9.78 Å². The standard InChI is InChI=1S/C70H112N2O26.2C10H8N2.ClH.Os/c73-70(67-9-7-65-5-4-63-2-1-3-64-6-8-66(67)69(65)68(63)64)98-61-60-97-59-58-96-57-56-95-55-54-94-53-52-93-51-50-92-49-48-91-47-46-90-45-44-89-43-42-88-41-40-87-39-38-86-37-36-85-35-34-84-33-32-83-31-30-82-29-28-81-27-26-80-25-24-79-23-22-78-21-20-77-19-18-76-17-16-75-15-14-74-13-12-72-11-10-71-62-72;2*1-3-7-11-9(5-1)10-6-2-4-8-12-10;;/h1-11,62H,12-61H2;2*1-8H;1H;/q;;;;+1/p-1. The van der Waals surface area contributed by atoms with Gasteiger partial charge in [-0.05, 0) is 86.9 Å². The van der Waals surface area contributed by atoms with Crippen molar-refractivity contribution in [1.82, 2.24) is 29.5 Å². The molecule has 34 heteroatoms. The summed E-state index contributed by atoms with van der Waals surface area (Å²) in [5.74, 6) is -0.361. The van der Waals surface area contributed by atoms with Crippen LogP contribution in [-0.4, -0.2) is 359 Å². The van der Waals surface area contributed by atoms with Crippen LogP contribution in [0.25, 0.3) is 55.1 Å². The Morgan fingerprint density at radius 3 is 0.702 bits per heavy atom. The van der Waals surface area contributed by atoms with Gasteiger partial charge in [0.1, 0.15) is 6.61 Å². The van der Waals surface area contributed by atoms with Gasteiger partial charge >= 0.3 is 33.2 Å². The topological polar surface area (TPSA) is 317 Å². The van der Waals surface area contributed by atoms with E-state index >= 15 is 0 Å². The molecule has 5 aromatic heterocycles. The van der Waals surface area contributed by atoms with Crippen LogP contribution in [0.1, 0.15) is 10.4 Å². The van der Waals surface area contributed by atoms with Gasteiger partial charge in [0.25, 0.3) is 0 Å². The van der Waals surface area contributed by atoms with E-state index in [1.807, 2.05) is 108 Å². The second-order valence-electron chi connectivity index (χ2n) is 26.0. The number of carbonyl (C=O) groups is 1. The average molecular weight is 1940 g/mol. The molecule has 0 unspecified atom stereocenters. The van der Waals surface area contributed by atoms with Crippen molar-refractivity contribution >= 4 is 47.9 Å². The number of hydrogen-bond donors (Lipinski definition) is 0. The maximum Gasteiger partial charge on any atom is 0.0886 e. The predicted octanol–water partition coefficient (Wildman–Crippen LogP) is 10.0. The Kier molecular flexibility index (Phi) is 67.0. The Balaban J connectivity index is 0.000000767. The van der Waals surface area contributed by atoms with Gasteiger partial charge < -0.3 is 123 Å². The van der Waals surface area contributed by atoms with Gasteiger partial charge in [0.15, 0.2) is 0 Å². The maximum absolute atomic E-state index is 13.0. The van der Waals surface area contributed by atoms with Gasteiger partial charge in [0.2, 0.25) is 0 Å². The van der Waals surface area contributed by atoms with E-state index in [0.717, 1.165) is 56.3 Å². The molecule has 0 aliphatic rings. The first-order chi connectivity index (χ1) is 61.7. The van der Waals surface area contributed by atoms with Crippen molar-refractivity contribution in [2.75, 3.05) is 324 Å². The molecule has 32 nitrogen and oxygen atoms in total. The molecule has 124 heavy (non-hydrogen) atoms. The van der Waals surface area contributed by atoms with Crippen LogP contribution in [0.2, 0.25) is 0 Å². The Morgan fingerprint density at radius 1 is 0.242 bits per heavy atom. The van der Waals surface area contributed by atoms with E-state index < -0.39 is 0 Å². The van der Waals surface area contributed by atoms with Crippen LogP contribution in [0.5, 0.6) is 0 Å². The SMILES string of the molecule is O=C(OCCOCCOCCOCCOCCOCCOCCOCCOCCOCCOCCOCCOCCOCCOCCOCCOCCOCCOCCOCCOCCOCCOCCOCCOCCn1ccnc1)c1ccc2ccc3cccc4ccc1c2c34.[Cl][Os].c1ccc(-c2ccccn2)nc1.c1ccc(-c2ccccn2)nc1. The minimum atomic E-state index is -0.361. The molecule has 0 radical (unpaired) electrons. The Bertz CT molecular complexity index is 3660. The summed E-state index contributed by atoms with van der Waals surface area (Å²) in [5.41, 5.74) is 4.21. The molecular weight excluding hydrogens is 1810 g/mol. The van der Waals surface area contributed by atoms with Crippen LogP contribution < -0.4 is 0 Å². The van der Waals surface area contributed by atoms with E-state index in [9.17, 15) is 4.79 Å². The van der Waals surface area contributed by atoms with Gasteiger partial charge in [-0.2, -0.15) is 0 Å². The molecule has 9 aromatic rings. The number of ether oxygens (including phenoxy) is 25. The third kappa shape index (κ3) is 53.7. The fourth-order valence-corrected chi connectivity index (χ4v) is 11.0. The largest absolute Gasteiger partial charge is 0.255 e. The Hall–Kier alpha value is -6.83. The summed E-state index contributed by atoms with van der Waals surface area (Å²) in [4.78, 5) is 33.7. The first-order valence-corrected chi connectivity index (χ1v) is 45.3. The minimum absolute atomic E-state index is 0.158. The van der Waals surface area contributed by atoms with Crippen molar-refractivity contribution in [2.45, 2.75) is 6.54 Å². The molecule has 0 N–H and O–H groups in total. The van der Waals surface area contributed by atoms with E-state index in [2.05, 4.69) is 64.9 Å². The molecule has 0 aliphatic carbocycles. The quantitative estimate of drug-likeness (QED) is 0.0194. The van der Waals surface area contributed by atoms with Crippen LogP contribution in [0.3, 0.4) is 0 Å². The van der Waals surface area contributed by atoms with E-state index in [0.29, 0.717) is 316 Å². The van der Waals surface area contributed by atoms with Crippen molar-refractivity contribution in [2.24, 2.45) is 0 Å². The van der Waals surface area contributed by atoms with Gasteiger partial charge in [0, 0.05) is 43.7 Å². The van der Waals surface area contributed by atoms with Crippen molar-refractivity contribution in [1.29, 1.82) is 0 Å². The second-order valence-corrected chi connectivity index (χ2v) is 26.0. The van der Waals surface area contributed by atoms with Crippen molar-refractivity contribution in [3.8, 4) is 22.8 Å². The van der Waals surface area contributed by atoms with Crippen LogP contribution in [-0.2, 0) is 143 Å². The molecule has 0 saturated carbocycles. The summed E-state index contributed by atoms with van der Waals surface area (Å²) in [7, 11) is 4.67. The molecular formula is C90H128ClN6O26Os. The molecule has 5 heterocycles. The molecule has 0 spiro atoms. The molecule has 0 bridgehead atoms. The normalized spacial score (nSPS) is 11.3. The maximum atomic E-state index is 13.0. The zero-order chi connectivity index (χ0) is 86.9.